The van der Waals surface area contributed by atoms with Crippen molar-refractivity contribution >= 4 is 11.6 Å². The molecule has 0 bridgehead atoms. The fraction of sp³-hybridized carbons (Fsp3) is 0.714. The molecule has 2 unspecified atom stereocenters. The van der Waals surface area contributed by atoms with Crippen molar-refractivity contribution in [3.05, 3.63) is 23.1 Å². The van der Waals surface area contributed by atoms with Gasteiger partial charge in [-0.05, 0) is 49.3 Å². The molecule has 1 saturated carbocycles. The summed E-state index contributed by atoms with van der Waals surface area (Å²) in [6, 6.07) is 1.77. The van der Waals surface area contributed by atoms with Crippen LogP contribution in [0.5, 0.6) is 0 Å². The van der Waals surface area contributed by atoms with Crippen molar-refractivity contribution in [1.29, 1.82) is 0 Å². The van der Waals surface area contributed by atoms with Crippen LogP contribution in [0.4, 0.5) is 0 Å². The largest absolute Gasteiger partial charge is 0.453 e. The van der Waals surface area contributed by atoms with Gasteiger partial charge in [-0.2, -0.15) is 0 Å². The van der Waals surface area contributed by atoms with Crippen molar-refractivity contribution in [1.82, 2.24) is 0 Å². The Labute approximate surface area is 112 Å². The Morgan fingerprint density at radius 2 is 2.17 bits per heavy atom. The summed E-state index contributed by atoms with van der Waals surface area (Å²) in [6.45, 7) is 0.747. The molecule has 3 nitrogen and oxygen atoms in total. The highest BCUT2D eigenvalue weighted by atomic mass is 35.5. The molecular formula is C14H19ClO3. The van der Waals surface area contributed by atoms with Gasteiger partial charge in [0.05, 0.1) is 18.0 Å². The first-order valence-electron chi connectivity index (χ1n) is 6.75. The van der Waals surface area contributed by atoms with E-state index in [1.54, 1.807) is 6.07 Å². The summed E-state index contributed by atoms with van der Waals surface area (Å²) >= 11 is 5.95. The lowest BCUT2D eigenvalue weighted by atomic mass is 9.80. The van der Waals surface area contributed by atoms with Crippen molar-refractivity contribution in [3.8, 4) is 0 Å². The number of rotatable bonds is 2. The van der Waals surface area contributed by atoms with E-state index >= 15 is 0 Å². The molecule has 2 atom stereocenters. The summed E-state index contributed by atoms with van der Waals surface area (Å²) in [4.78, 5) is 0. The fourth-order valence-electron chi connectivity index (χ4n) is 3.47. The minimum atomic E-state index is -0.530. The van der Waals surface area contributed by atoms with Gasteiger partial charge in [-0.3, -0.25) is 0 Å². The van der Waals surface area contributed by atoms with Crippen LogP contribution < -0.4 is 0 Å². The summed E-state index contributed by atoms with van der Waals surface area (Å²) in [5.41, 5.74) is 0.747. The first-order valence-corrected chi connectivity index (χ1v) is 7.13. The summed E-state index contributed by atoms with van der Waals surface area (Å²) < 4.78 is 11.1. The van der Waals surface area contributed by atoms with Gasteiger partial charge < -0.3 is 14.3 Å². The number of aliphatic hydroxyl groups excluding tert-OH is 1. The van der Waals surface area contributed by atoms with E-state index in [1.807, 2.05) is 0 Å². The molecule has 1 aliphatic carbocycles. The van der Waals surface area contributed by atoms with E-state index in [0.717, 1.165) is 37.9 Å². The molecule has 1 aromatic rings. The Hall–Kier alpha value is -0.510. The molecule has 2 aliphatic rings. The maximum Gasteiger partial charge on any atom is 0.198 e. The first kappa shape index (κ1) is 12.5. The van der Waals surface area contributed by atoms with Crippen LogP contribution in [-0.2, 0) is 4.74 Å². The van der Waals surface area contributed by atoms with E-state index in [1.165, 1.54) is 19.1 Å². The predicted molar refractivity (Wildman–Crippen MR) is 68.6 cm³/mol. The van der Waals surface area contributed by atoms with E-state index in [2.05, 4.69) is 0 Å². The lowest BCUT2D eigenvalue weighted by molar-refractivity contribution is -0.113. The second kappa shape index (κ2) is 4.87. The van der Waals surface area contributed by atoms with Crippen LogP contribution in [-0.4, -0.2) is 17.3 Å². The molecule has 0 radical (unpaired) electrons. The SMILES string of the molecule is OC(c1ccoc1Cl)C1CCOC2(CCCC2)C1. The highest BCUT2D eigenvalue weighted by Crippen LogP contribution is 2.46. The van der Waals surface area contributed by atoms with Crippen LogP contribution in [0, 0.1) is 5.92 Å². The number of hydrogen-bond donors (Lipinski definition) is 1. The minimum absolute atomic E-state index is 0.0279. The quantitative estimate of drug-likeness (QED) is 0.891. The molecule has 0 aromatic carbocycles. The van der Waals surface area contributed by atoms with Gasteiger partial charge >= 0.3 is 0 Å². The number of aliphatic hydroxyl groups is 1. The van der Waals surface area contributed by atoms with Crippen LogP contribution in [0.15, 0.2) is 16.7 Å². The molecule has 1 spiro atoms. The minimum Gasteiger partial charge on any atom is -0.453 e. The highest BCUT2D eigenvalue weighted by molar-refractivity contribution is 6.29. The van der Waals surface area contributed by atoms with Crippen molar-refractivity contribution in [2.45, 2.75) is 50.2 Å². The molecule has 2 heterocycles. The fourth-order valence-corrected chi connectivity index (χ4v) is 3.70. The normalized spacial score (nSPS) is 28.7. The molecule has 1 saturated heterocycles. The molecule has 1 aliphatic heterocycles. The van der Waals surface area contributed by atoms with Gasteiger partial charge in [0, 0.05) is 12.2 Å². The average Bonchev–Trinajstić information content (AvgIpc) is 2.98. The van der Waals surface area contributed by atoms with E-state index in [9.17, 15) is 5.11 Å². The zero-order valence-electron chi connectivity index (χ0n) is 10.4. The number of furan rings is 1. The zero-order chi connectivity index (χ0) is 12.6. The van der Waals surface area contributed by atoms with Gasteiger partial charge in [0.2, 0.25) is 0 Å². The van der Waals surface area contributed by atoms with Gasteiger partial charge in [-0.15, -0.1) is 0 Å². The monoisotopic (exact) mass is 270 g/mol. The topological polar surface area (TPSA) is 42.6 Å². The van der Waals surface area contributed by atoms with Crippen LogP contribution >= 0.6 is 11.6 Å². The van der Waals surface area contributed by atoms with Crippen molar-refractivity contribution in [2.75, 3.05) is 6.61 Å². The molecule has 4 heteroatoms. The van der Waals surface area contributed by atoms with E-state index in [0.29, 0.717) is 5.22 Å². The zero-order valence-corrected chi connectivity index (χ0v) is 11.2. The summed E-state index contributed by atoms with van der Waals surface area (Å²) in [6.07, 6.45) is 7.60. The summed E-state index contributed by atoms with van der Waals surface area (Å²) in [5.74, 6) is 0.229. The highest BCUT2D eigenvalue weighted by Gasteiger charge is 2.42. The molecule has 2 fully saturated rings. The standard InChI is InChI=1S/C14H19ClO3/c15-13-11(4-7-17-13)12(16)10-3-8-18-14(9-10)5-1-2-6-14/h4,7,10,12,16H,1-3,5-6,8-9H2. The third-order valence-electron chi connectivity index (χ3n) is 4.46. The molecule has 3 rings (SSSR count). The Kier molecular flexibility index (Phi) is 3.39. The van der Waals surface area contributed by atoms with E-state index in [4.69, 9.17) is 20.8 Å². The third kappa shape index (κ3) is 2.20. The van der Waals surface area contributed by atoms with Gasteiger partial charge in [0.15, 0.2) is 5.22 Å². The summed E-state index contributed by atoms with van der Waals surface area (Å²) in [7, 11) is 0. The van der Waals surface area contributed by atoms with Crippen molar-refractivity contribution in [3.63, 3.8) is 0 Å². The first-order chi connectivity index (χ1) is 8.70. The number of hydrogen-bond acceptors (Lipinski definition) is 3. The molecule has 100 valence electrons. The molecule has 1 aromatic heterocycles. The smallest absolute Gasteiger partial charge is 0.198 e. The second-order valence-corrected chi connectivity index (χ2v) is 5.93. The van der Waals surface area contributed by atoms with Crippen LogP contribution in [0.1, 0.15) is 50.2 Å². The summed E-state index contributed by atoms with van der Waals surface area (Å²) in [5, 5.41) is 10.8. The van der Waals surface area contributed by atoms with E-state index < -0.39 is 6.10 Å². The maximum atomic E-state index is 10.5. The van der Waals surface area contributed by atoms with Crippen molar-refractivity contribution in [2.24, 2.45) is 5.92 Å². The Morgan fingerprint density at radius 1 is 1.39 bits per heavy atom. The van der Waals surface area contributed by atoms with Gasteiger partial charge in [0.1, 0.15) is 0 Å². The number of halogens is 1. The van der Waals surface area contributed by atoms with Crippen LogP contribution in [0.2, 0.25) is 5.22 Å². The number of ether oxygens (including phenoxy) is 1. The van der Waals surface area contributed by atoms with Gasteiger partial charge in [-0.25, -0.2) is 0 Å². The van der Waals surface area contributed by atoms with Gasteiger partial charge in [0.25, 0.3) is 0 Å². The maximum absolute atomic E-state index is 10.5. The predicted octanol–water partition coefficient (Wildman–Crippen LogP) is 3.71. The Balaban J connectivity index is 1.74. The Morgan fingerprint density at radius 3 is 2.83 bits per heavy atom. The molecular weight excluding hydrogens is 252 g/mol. The third-order valence-corrected chi connectivity index (χ3v) is 4.76. The van der Waals surface area contributed by atoms with Crippen LogP contribution in [0.25, 0.3) is 0 Å². The lowest BCUT2D eigenvalue weighted by Gasteiger charge is -2.39. The van der Waals surface area contributed by atoms with E-state index in [-0.39, 0.29) is 11.5 Å². The van der Waals surface area contributed by atoms with Crippen molar-refractivity contribution < 1.29 is 14.3 Å². The second-order valence-electron chi connectivity index (χ2n) is 5.59. The average molecular weight is 271 g/mol. The molecule has 18 heavy (non-hydrogen) atoms. The van der Waals surface area contributed by atoms with Crippen LogP contribution in [0.3, 0.4) is 0 Å². The lowest BCUT2D eigenvalue weighted by Crippen LogP contribution is -2.39. The molecule has 1 N–H and O–H groups in total. The Bertz CT molecular complexity index is 409. The molecule has 0 amide bonds. The van der Waals surface area contributed by atoms with Gasteiger partial charge in [-0.1, -0.05) is 12.8 Å².